The minimum atomic E-state index is -0.396. The molecule has 20 heavy (non-hydrogen) atoms. The molecule has 0 atom stereocenters. The van der Waals surface area contributed by atoms with Crippen LogP contribution in [0.1, 0.15) is 0 Å². The second kappa shape index (κ2) is 5.13. The first-order valence-corrected chi connectivity index (χ1v) is 6.10. The fraction of sp³-hybridized carbons (Fsp3) is 0.0667. The second-order valence-corrected chi connectivity index (χ2v) is 4.31. The van der Waals surface area contributed by atoms with Crippen LogP contribution in [0.5, 0.6) is 11.5 Å². The van der Waals surface area contributed by atoms with Crippen molar-refractivity contribution >= 4 is 0 Å². The zero-order chi connectivity index (χ0) is 13.9. The van der Waals surface area contributed by atoms with Crippen molar-refractivity contribution in [2.45, 2.75) is 0 Å². The topological polar surface area (TPSA) is 39.9 Å². The van der Waals surface area contributed by atoms with Gasteiger partial charge in [0.05, 0.1) is 11.9 Å². The van der Waals surface area contributed by atoms with Crippen molar-refractivity contribution in [3.63, 3.8) is 0 Å². The second-order valence-electron chi connectivity index (χ2n) is 4.31. The van der Waals surface area contributed by atoms with Gasteiger partial charge in [-0.25, -0.2) is 4.39 Å². The highest BCUT2D eigenvalue weighted by Gasteiger charge is 2.06. The summed E-state index contributed by atoms with van der Waals surface area (Å²) in [5, 5.41) is 4.10. The van der Waals surface area contributed by atoms with Crippen molar-refractivity contribution in [1.29, 1.82) is 0 Å². The minimum Gasteiger partial charge on any atom is -0.454 e. The molecular formula is C15H12FN3O. The monoisotopic (exact) mass is 269 g/mol. The van der Waals surface area contributed by atoms with Gasteiger partial charge in [-0.15, -0.1) is 0 Å². The molecular weight excluding hydrogens is 257 g/mol. The summed E-state index contributed by atoms with van der Waals surface area (Å²) >= 11 is 0. The molecule has 0 fully saturated rings. The molecule has 3 aromatic rings. The molecule has 100 valence electrons. The van der Waals surface area contributed by atoms with E-state index in [9.17, 15) is 4.39 Å². The molecule has 0 saturated carbocycles. The van der Waals surface area contributed by atoms with Crippen LogP contribution in [0.4, 0.5) is 4.39 Å². The van der Waals surface area contributed by atoms with Crippen LogP contribution in [0.15, 0.2) is 55.0 Å². The Morgan fingerprint density at radius 1 is 1.20 bits per heavy atom. The number of aryl methyl sites for hydroxylation is 1. The number of ether oxygens (including phenoxy) is 1. The molecule has 0 aliphatic heterocycles. The Morgan fingerprint density at radius 2 is 2.05 bits per heavy atom. The number of nitrogens with zero attached hydrogens (tertiary/aromatic N) is 3. The maximum Gasteiger partial charge on any atom is 0.165 e. The lowest BCUT2D eigenvalue weighted by molar-refractivity contribution is 0.442. The van der Waals surface area contributed by atoms with Crippen LogP contribution in [0.25, 0.3) is 11.3 Å². The van der Waals surface area contributed by atoms with E-state index >= 15 is 0 Å². The highest BCUT2D eigenvalue weighted by Crippen LogP contribution is 2.26. The van der Waals surface area contributed by atoms with Gasteiger partial charge in [0.2, 0.25) is 0 Å². The van der Waals surface area contributed by atoms with Crippen molar-refractivity contribution in [3.8, 4) is 22.8 Å². The first kappa shape index (κ1) is 12.3. The summed E-state index contributed by atoms with van der Waals surface area (Å²) in [6, 6.07) is 9.73. The van der Waals surface area contributed by atoms with E-state index < -0.39 is 5.82 Å². The maximum absolute atomic E-state index is 13.5. The first-order chi connectivity index (χ1) is 9.72. The lowest BCUT2D eigenvalue weighted by Crippen LogP contribution is -1.89. The van der Waals surface area contributed by atoms with Crippen LogP contribution < -0.4 is 4.74 Å². The van der Waals surface area contributed by atoms with Gasteiger partial charge in [-0.3, -0.25) is 9.67 Å². The number of pyridine rings is 1. The Morgan fingerprint density at radius 3 is 2.80 bits per heavy atom. The molecule has 0 unspecified atom stereocenters. The van der Waals surface area contributed by atoms with E-state index in [1.807, 2.05) is 13.2 Å². The molecule has 5 heteroatoms. The van der Waals surface area contributed by atoms with Crippen LogP contribution in [0, 0.1) is 5.82 Å². The molecule has 4 nitrogen and oxygen atoms in total. The van der Waals surface area contributed by atoms with Gasteiger partial charge in [0.1, 0.15) is 5.75 Å². The molecule has 0 radical (unpaired) electrons. The Bertz CT molecular complexity index is 739. The lowest BCUT2D eigenvalue weighted by Gasteiger charge is -2.07. The number of hydrogen-bond donors (Lipinski definition) is 0. The quantitative estimate of drug-likeness (QED) is 0.731. The van der Waals surface area contributed by atoms with Gasteiger partial charge in [0.25, 0.3) is 0 Å². The summed E-state index contributed by atoms with van der Waals surface area (Å²) in [6.45, 7) is 0. The molecule has 0 aliphatic rings. The highest BCUT2D eigenvalue weighted by molar-refractivity contribution is 5.58. The van der Waals surface area contributed by atoms with Crippen molar-refractivity contribution < 1.29 is 9.13 Å². The predicted octanol–water partition coefficient (Wildman–Crippen LogP) is 3.41. The Hall–Kier alpha value is -2.69. The van der Waals surface area contributed by atoms with Crippen LogP contribution >= 0.6 is 0 Å². The average molecular weight is 269 g/mol. The summed E-state index contributed by atoms with van der Waals surface area (Å²) in [6.07, 6.45) is 5.20. The number of hydrogen-bond acceptors (Lipinski definition) is 3. The zero-order valence-electron chi connectivity index (χ0n) is 10.8. The lowest BCUT2D eigenvalue weighted by atomic mass is 10.2. The van der Waals surface area contributed by atoms with E-state index in [1.165, 1.54) is 6.07 Å². The van der Waals surface area contributed by atoms with Gasteiger partial charge in [0.15, 0.2) is 11.6 Å². The molecule has 1 aromatic carbocycles. The largest absolute Gasteiger partial charge is 0.454 e. The van der Waals surface area contributed by atoms with Gasteiger partial charge in [-0.1, -0.05) is 12.1 Å². The molecule has 0 spiro atoms. The first-order valence-electron chi connectivity index (χ1n) is 6.10. The van der Waals surface area contributed by atoms with Gasteiger partial charge >= 0.3 is 0 Å². The van der Waals surface area contributed by atoms with E-state index in [1.54, 1.807) is 47.4 Å². The Kier molecular flexibility index (Phi) is 3.16. The molecule has 0 bridgehead atoms. The SMILES string of the molecule is Cn1cc(-c2cc(Oc3ccccc3F)ccn2)cn1. The van der Waals surface area contributed by atoms with Gasteiger partial charge in [-0.05, 0) is 18.2 Å². The summed E-state index contributed by atoms with van der Waals surface area (Å²) in [4.78, 5) is 4.26. The van der Waals surface area contributed by atoms with E-state index in [0.717, 1.165) is 11.3 Å². The fourth-order valence-electron chi connectivity index (χ4n) is 1.84. The normalized spacial score (nSPS) is 10.5. The van der Waals surface area contributed by atoms with Crippen LogP contribution in [0.3, 0.4) is 0 Å². The summed E-state index contributed by atoms with van der Waals surface area (Å²) < 4.78 is 20.8. The zero-order valence-corrected chi connectivity index (χ0v) is 10.8. The third-order valence-electron chi connectivity index (χ3n) is 2.80. The number of para-hydroxylation sites is 1. The smallest absolute Gasteiger partial charge is 0.165 e. The molecule has 3 rings (SSSR count). The summed E-state index contributed by atoms with van der Waals surface area (Å²) in [5.74, 6) is 0.326. The third-order valence-corrected chi connectivity index (χ3v) is 2.80. The van der Waals surface area contributed by atoms with Crippen LogP contribution in [-0.4, -0.2) is 14.8 Å². The van der Waals surface area contributed by atoms with Crippen LogP contribution in [0.2, 0.25) is 0 Å². The van der Waals surface area contributed by atoms with E-state index in [2.05, 4.69) is 10.1 Å². The summed E-state index contributed by atoms with van der Waals surface area (Å²) in [5.41, 5.74) is 1.61. The predicted molar refractivity (Wildman–Crippen MR) is 72.9 cm³/mol. The van der Waals surface area contributed by atoms with E-state index in [0.29, 0.717) is 5.75 Å². The number of rotatable bonds is 3. The van der Waals surface area contributed by atoms with Gasteiger partial charge < -0.3 is 4.74 Å². The number of benzene rings is 1. The Labute approximate surface area is 115 Å². The minimum absolute atomic E-state index is 0.191. The molecule has 0 N–H and O–H groups in total. The highest BCUT2D eigenvalue weighted by atomic mass is 19.1. The fourth-order valence-corrected chi connectivity index (χ4v) is 1.84. The summed E-state index contributed by atoms with van der Waals surface area (Å²) in [7, 11) is 1.84. The molecule has 0 saturated heterocycles. The molecule has 0 amide bonds. The van der Waals surface area contributed by atoms with E-state index in [-0.39, 0.29) is 5.75 Å². The Balaban J connectivity index is 1.90. The molecule has 2 heterocycles. The van der Waals surface area contributed by atoms with Crippen LogP contribution in [-0.2, 0) is 7.05 Å². The van der Waals surface area contributed by atoms with Gasteiger partial charge in [0, 0.05) is 31.1 Å². The van der Waals surface area contributed by atoms with Crippen molar-refractivity contribution in [1.82, 2.24) is 14.8 Å². The maximum atomic E-state index is 13.5. The average Bonchev–Trinajstić information content (AvgIpc) is 2.89. The number of aromatic nitrogens is 3. The van der Waals surface area contributed by atoms with E-state index in [4.69, 9.17) is 4.74 Å². The van der Waals surface area contributed by atoms with Crippen molar-refractivity contribution in [2.24, 2.45) is 7.05 Å². The standard InChI is InChI=1S/C15H12FN3O/c1-19-10-11(9-18-19)14-8-12(6-7-17-14)20-15-5-3-2-4-13(15)16/h2-10H,1H3. The molecule has 2 aromatic heterocycles. The number of halogens is 1. The van der Waals surface area contributed by atoms with Crippen molar-refractivity contribution in [3.05, 3.63) is 60.8 Å². The van der Waals surface area contributed by atoms with Gasteiger partial charge in [-0.2, -0.15) is 5.10 Å². The third kappa shape index (κ3) is 2.51. The van der Waals surface area contributed by atoms with Crippen molar-refractivity contribution in [2.75, 3.05) is 0 Å². The molecule has 0 aliphatic carbocycles.